The van der Waals surface area contributed by atoms with E-state index in [1.54, 1.807) is 0 Å². The zero-order valence-corrected chi connectivity index (χ0v) is 47.4. The van der Waals surface area contributed by atoms with Gasteiger partial charge >= 0.3 is 17.9 Å². The Bertz CT molecular complexity index is 1380. The van der Waals surface area contributed by atoms with Gasteiger partial charge in [0.15, 0.2) is 6.10 Å². The fourth-order valence-electron chi connectivity index (χ4n) is 8.58. The van der Waals surface area contributed by atoms with Crippen molar-refractivity contribution in [1.82, 2.24) is 0 Å². The van der Waals surface area contributed by atoms with Gasteiger partial charge in [0.05, 0.1) is 0 Å². The minimum Gasteiger partial charge on any atom is -0.462 e. The predicted molar refractivity (Wildman–Crippen MR) is 311 cm³/mol. The summed E-state index contributed by atoms with van der Waals surface area (Å²) in [5.41, 5.74) is 0. The van der Waals surface area contributed by atoms with Crippen LogP contribution in [0.25, 0.3) is 0 Å². The molecule has 0 saturated carbocycles. The first-order chi connectivity index (χ1) is 35.5. The molecule has 0 heterocycles. The van der Waals surface area contributed by atoms with Crippen molar-refractivity contribution in [2.24, 2.45) is 0 Å². The number of hydrogen-bond acceptors (Lipinski definition) is 6. The molecular weight excluding hydrogens is 889 g/mol. The largest absolute Gasteiger partial charge is 0.462 e. The highest BCUT2D eigenvalue weighted by atomic mass is 16.6. The highest BCUT2D eigenvalue weighted by Crippen LogP contribution is 2.16. The Morgan fingerprint density at radius 3 is 0.931 bits per heavy atom. The summed E-state index contributed by atoms with van der Waals surface area (Å²) in [6.07, 6.45) is 78.9. The molecule has 0 spiro atoms. The predicted octanol–water partition coefficient (Wildman–Crippen LogP) is 20.7. The normalized spacial score (nSPS) is 12.7. The maximum Gasteiger partial charge on any atom is 0.306 e. The number of carbonyl (C=O) groups excluding carboxylic acids is 3. The second-order valence-corrected chi connectivity index (χ2v) is 20.2. The van der Waals surface area contributed by atoms with Crippen LogP contribution in [0.4, 0.5) is 0 Å². The third-order valence-electron chi connectivity index (χ3n) is 13.1. The maximum atomic E-state index is 12.9. The van der Waals surface area contributed by atoms with Crippen LogP contribution in [-0.2, 0) is 28.6 Å². The summed E-state index contributed by atoms with van der Waals surface area (Å²) in [6, 6.07) is 0. The van der Waals surface area contributed by atoms with E-state index in [9.17, 15) is 14.4 Å². The van der Waals surface area contributed by atoms with E-state index in [2.05, 4.69) is 99.8 Å². The van der Waals surface area contributed by atoms with Crippen LogP contribution in [0, 0.1) is 0 Å². The highest BCUT2D eigenvalue weighted by molar-refractivity contribution is 5.71. The molecule has 0 fully saturated rings. The van der Waals surface area contributed by atoms with Crippen LogP contribution in [0.3, 0.4) is 0 Å². The number of esters is 3. The highest BCUT2D eigenvalue weighted by Gasteiger charge is 2.19. The lowest BCUT2D eigenvalue weighted by molar-refractivity contribution is -0.166. The molecule has 1 atom stereocenters. The SMILES string of the molecule is CC/C=C\C/C=C\C/C=C\C/C=C\CCC(=O)OCC(COC(=O)CCCCCCCCCCCC/C=C\C/C=C\C/C=C\CCCCCCC)OC(=O)CCCCCCCCCCCCCCCCCC. The molecular formula is C66H114O6. The van der Waals surface area contributed by atoms with Crippen molar-refractivity contribution < 1.29 is 28.6 Å². The molecule has 6 nitrogen and oxygen atoms in total. The van der Waals surface area contributed by atoms with Gasteiger partial charge < -0.3 is 14.2 Å². The second-order valence-electron chi connectivity index (χ2n) is 20.2. The Kier molecular flexibility index (Phi) is 57.3. The van der Waals surface area contributed by atoms with Crippen molar-refractivity contribution >= 4 is 17.9 Å². The fraction of sp³-hybridized carbons (Fsp3) is 0.742. The topological polar surface area (TPSA) is 78.9 Å². The molecule has 0 aliphatic rings. The zero-order valence-electron chi connectivity index (χ0n) is 47.4. The molecule has 0 aliphatic heterocycles. The van der Waals surface area contributed by atoms with E-state index in [0.29, 0.717) is 19.3 Å². The molecule has 0 rings (SSSR count). The summed E-state index contributed by atoms with van der Waals surface area (Å²) in [4.78, 5) is 38.2. The minimum atomic E-state index is -0.806. The molecule has 0 saturated heterocycles. The summed E-state index contributed by atoms with van der Waals surface area (Å²) < 4.78 is 16.8. The molecule has 72 heavy (non-hydrogen) atoms. The molecule has 0 bridgehead atoms. The molecule has 1 unspecified atom stereocenters. The van der Waals surface area contributed by atoms with E-state index in [1.807, 2.05) is 6.08 Å². The summed E-state index contributed by atoms with van der Waals surface area (Å²) in [5.74, 6) is -0.977. The van der Waals surface area contributed by atoms with Crippen molar-refractivity contribution in [3.63, 3.8) is 0 Å². The molecule has 0 N–H and O–H groups in total. The summed E-state index contributed by atoms with van der Waals surface area (Å²) in [5, 5.41) is 0. The van der Waals surface area contributed by atoms with Gasteiger partial charge in [-0.1, -0.05) is 279 Å². The number of hydrogen-bond donors (Lipinski definition) is 0. The average molecular weight is 1000 g/mol. The van der Waals surface area contributed by atoms with Gasteiger partial charge in [-0.3, -0.25) is 14.4 Å². The lowest BCUT2D eigenvalue weighted by atomic mass is 10.0. The maximum absolute atomic E-state index is 12.9. The van der Waals surface area contributed by atoms with Gasteiger partial charge in [0.25, 0.3) is 0 Å². The molecule has 0 aromatic carbocycles. The summed E-state index contributed by atoms with van der Waals surface area (Å²) in [7, 11) is 0. The van der Waals surface area contributed by atoms with Gasteiger partial charge in [-0.05, 0) is 83.5 Å². The smallest absolute Gasteiger partial charge is 0.306 e. The Labute approximate surface area is 445 Å². The number of unbranched alkanes of at least 4 members (excludes halogenated alkanes) is 30. The molecule has 0 amide bonds. The van der Waals surface area contributed by atoms with E-state index in [1.165, 1.54) is 173 Å². The van der Waals surface area contributed by atoms with Crippen LogP contribution in [0.15, 0.2) is 85.1 Å². The first-order valence-corrected chi connectivity index (χ1v) is 30.6. The monoisotopic (exact) mass is 1000 g/mol. The van der Waals surface area contributed by atoms with Crippen LogP contribution < -0.4 is 0 Å². The molecule has 0 aromatic rings. The van der Waals surface area contributed by atoms with Gasteiger partial charge in [0.2, 0.25) is 0 Å². The number of allylic oxidation sites excluding steroid dienone is 14. The van der Waals surface area contributed by atoms with Gasteiger partial charge in [-0.25, -0.2) is 0 Å². The van der Waals surface area contributed by atoms with Gasteiger partial charge in [0, 0.05) is 19.3 Å². The standard InChI is InChI=1S/C66H114O6/c1-4-7-10-13-16-19-22-25-27-29-30-31-32-33-34-35-36-37-39-41-44-47-50-53-56-59-65(68)71-62-63(61-70-64(67)58-55-52-49-46-43-40-24-21-18-15-12-9-6-3)72-66(69)60-57-54-51-48-45-42-38-28-26-23-20-17-14-11-8-5-2/h9,12,18,21-22,25,29-30,32-33,40,43,49,52,63H,4-8,10-11,13-17,19-20,23-24,26-28,31,34-39,41-42,44-48,50-51,53-62H2,1-3H3/b12-9-,21-18-,25-22-,30-29-,33-32-,43-40-,52-49-. The number of carbonyl (C=O) groups is 3. The summed E-state index contributed by atoms with van der Waals surface area (Å²) in [6.45, 7) is 6.47. The van der Waals surface area contributed by atoms with Gasteiger partial charge in [-0.2, -0.15) is 0 Å². The van der Waals surface area contributed by atoms with E-state index < -0.39 is 6.10 Å². The third kappa shape index (κ3) is 57.5. The van der Waals surface area contributed by atoms with Crippen molar-refractivity contribution in [1.29, 1.82) is 0 Å². The van der Waals surface area contributed by atoms with Crippen molar-refractivity contribution in [2.75, 3.05) is 13.2 Å². The second kappa shape index (κ2) is 60.1. The first-order valence-electron chi connectivity index (χ1n) is 30.6. The zero-order chi connectivity index (χ0) is 52.2. The Morgan fingerprint density at radius 1 is 0.292 bits per heavy atom. The summed E-state index contributed by atoms with van der Waals surface area (Å²) >= 11 is 0. The lowest BCUT2D eigenvalue weighted by Crippen LogP contribution is -2.30. The van der Waals surface area contributed by atoms with E-state index >= 15 is 0 Å². The fourth-order valence-corrected chi connectivity index (χ4v) is 8.58. The Balaban J connectivity index is 4.34. The lowest BCUT2D eigenvalue weighted by Gasteiger charge is -2.18. The van der Waals surface area contributed by atoms with E-state index in [0.717, 1.165) is 77.0 Å². The molecule has 414 valence electrons. The first kappa shape index (κ1) is 68.6. The van der Waals surface area contributed by atoms with E-state index in [-0.39, 0.29) is 37.5 Å². The van der Waals surface area contributed by atoms with Crippen LogP contribution in [0.2, 0.25) is 0 Å². The van der Waals surface area contributed by atoms with E-state index in [4.69, 9.17) is 14.2 Å². The van der Waals surface area contributed by atoms with Crippen molar-refractivity contribution in [3.8, 4) is 0 Å². The van der Waals surface area contributed by atoms with Crippen LogP contribution in [0.1, 0.15) is 297 Å². The number of ether oxygens (including phenoxy) is 3. The minimum absolute atomic E-state index is 0.0985. The third-order valence-corrected chi connectivity index (χ3v) is 13.1. The Hall–Kier alpha value is -3.41. The molecule has 0 radical (unpaired) electrons. The van der Waals surface area contributed by atoms with Gasteiger partial charge in [-0.15, -0.1) is 0 Å². The molecule has 6 heteroatoms. The van der Waals surface area contributed by atoms with Crippen LogP contribution >= 0.6 is 0 Å². The molecule has 0 aromatic heterocycles. The van der Waals surface area contributed by atoms with Crippen molar-refractivity contribution in [2.45, 2.75) is 303 Å². The van der Waals surface area contributed by atoms with Crippen LogP contribution in [-0.4, -0.2) is 37.2 Å². The van der Waals surface area contributed by atoms with Crippen molar-refractivity contribution in [3.05, 3.63) is 85.1 Å². The number of rotatable bonds is 55. The average Bonchev–Trinajstić information content (AvgIpc) is 3.38. The van der Waals surface area contributed by atoms with Gasteiger partial charge in [0.1, 0.15) is 13.2 Å². The Morgan fingerprint density at radius 2 is 0.569 bits per heavy atom. The molecule has 0 aliphatic carbocycles. The van der Waals surface area contributed by atoms with Crippen LogP contribution in [0.5, 0.6) is 0 Å². The quantitative estimate of drug-likeness (QED) is 0.0261.